The van der Waals surface area contributed by atoms with Crippen LogP contribution in [0.3, 0.4) is 0 Å². The van der Waals surface area contributed by atoms with E-state index in [1.54, 1.807) is 52.8 Å². The van der Waals surface area contributed by atoms with Gasteiger partial charge in [-0.25, -0.2) is 14.4 Å². The molecule has 0 radical (unpaired) electrons. The predicted octanol–water partition coefficient (Wildman–Crippen LogP) is 4.06. The average Bonchev–Trinajstić information content (AvgIpc) is 3.00. The molecule has 47 heavy (non-hydrogen) atoms. The molecule has 0 aromatic heterocycles. The molecular weight excluding hydrogens is 604 g/mol. The summed E-state index contributed by atoms with van der Waals surface area (Å²) in [7, 11) is 1.22. The van der Waals surface area contributed by atoms with Crippen molar-refractivity contribution in [2.24, 2.45) is 11.8 Å². The molecule has 0 fully saturated rings. The number of alkyl carbamates (subject to hydrolysis) is 1. The molecule has 4 atom stereocenters. The van der Waals surface area contributed by atoms with Crippen molar-refractivity contribution in [3.63, 3.8) is 0 Å². The van der Waals surface area contributed by atoms with Crippen molar-refractivity contribution in [3.8, 4) is 0 Å². The van der Waals surface area contributed by atoms with Gasteiger partial charge in [0.05, 0.1) is 25.8 Å². The molecule has 12 nitrogen and oxygen atoms in total. The number of aliphatic hydroxyl groups is 1. The zero-order valence-electron chi connectivity index (χ0n) is 28.6. The lowest BCUT2D eigenvalue weighted by Crippen LogP contribution is -2.58. The number of ether oxygens (including phenoxy) is 2. The first-order chi connectivity index (χ1) is 22.0. The van der Waals surface area contributed by atoms with Crippen molar-refractivity contribution in [2.75, 3.05) is 13.7 Å². The molecular formula is C35H50N4O8. The number of carbonyl (C=O) groups is 5. The number of hydrogen-bond acceptors (Lipinski definition) is 8. The van der Waals surface area contributed by atoms with Crippen LogP contribution in [0.4, 0.5) is 9.59 Å². The lowest BCUT2D eigenvalue weighted by atomic mass is 10.00. The van der Waals surface area contributed by atoms with Crippen LogP contribution in [0, 0.1) is 11.8 Å². The highest BCUT2D eigenvalue weighted by atomic mass is 16.6. The zero-order valence-corrected chi connectivity index (χ0v) is 28.6. The first kappa shape index (κ1) is 38.7. The number of amides is 5. The molecule has 0 unspecified atom stereocenters. The van der Waals surface area contributed by atoms with E-state index >= 15 is 0 Å². The molecule has 4 N–H and O–H groups in total. The van der Waals surface area contributed by atoms with Crippen molar-refractivity contribution in [2.45, 2.75) is 91.1 Å². The third-order valence-corrected chi connectivity index (χ3v) is 7.09. The normalized spacial score (nSPS) is 13.9. The Labute approximate surface area is 277 Å². The second-order valence-corrected chi connectivity index (χ2v) is 13.2. The minimum Gasteiger partial charge on any atom is -0.467 e. The zero-order chi connectivity index (χ0) is 35.3. The quantitative estimate of drug-likeness (QED) is 0.222. The molecule has 12 heteroatoms. The van der Waals surface area contributed by atoms with Gasteiger partial charge in [-0.3, -0.25) is 14.5 Å². The Morgan fingerprint density at radius 3 is 1.94 bits per heavy atom. The highest BCUT2D eigenvalue weighted by molar-refractivity contribution is 6.05. The van der Waals surface area contributed by atoms with Gasteiger partial charge in [-0.2, -0.15) is 0 Å². The summed E-state index contributed by atoms with van der Waals surface area (Å²) in [4.78, 5) is 67.0. The molecule has 0 aliphatic heterocycles. The summed E-state index contributed by atoms with van der Waals surface area (Å²) >= 11 is 0. The Morgan fingerprint density at radius 2 is 1.43 bits per heavy atom. The number of aliphatic hydroxyl groups excluding tert-OH is 1. The summed E-state index contributed by atoms with van der Waals surface area (Å²) in [6.07, 6.45) is -1.86. The molecule has 0 aliphatic rings. The first-order valence-electron chi connectivity index (χ1n) is 15.8. The number of urea groups is 1. The molecule has 0 bridgehead atoms. The minimum atomic E-state index is -1.44. The van der Waals surface area contributed by atoms with Gasteiger partial charge in [-0.1, -0.05) is 76.2 Å². The van der Waals surface area contributed by atoms with E-state index in [-0.39, 0.29) is 30.2 Å². The number of nitrogens with one attached hydrogen (secondary N) is 3. The molecule has 0 saturated heterocycles. The fourth-order valence-electron chi connectivity index (χ4n) is 4.73. The van der Waals surface area contributed by atoms with Crippen LogP contribution in [-0.2, 0) is 25.5 Å². The molecule has 2 aromatic carbocycles. The van der Waals surface area contributed by atoms with E-state index in [1.807, 2.05) is 44.2 Å². The van der Waals surface area contributed by atoms with Gasteiger partial charge >= 0.3 is 18.1 Å². The number of esters is 1. The molecule has 2 rings (SSSR count). The number of hydrogen-bond donors (Lipinski definition) is 4. The third-order valence-electron chi connectivity index (χ3n) is 7.09. The van der Waals surface area contributed by atoms with Gasteiger partial charge in [0.15, 0.2) is 0 Å². The highest BCUT2D eigenvalue weighted by Crippen LogP contribution is 2.15. The van der Waals surface area contributed by atoms with Gasteiger partial charge < -0.3 is 30.5 Å². The summed E-state index contributed by atoms with van der Waals surface area (Å²) < 4.78 is 10.3. The molecule has 0 saturated carbocycles. The molecule has 5 amide bonds. The predicted molar refractivity (Wildman–Crippen MR) is 177 cm³/mol. The lowest BCUT2D eigenvalue weighted by Gasteiger charge is -2.31. The maximum atomic E-state index is 13.9. The lowest BCUT2D eigenvalue weighted by molar-refractivity contribution is -0.146. The number of nitrogens with zero attached hydrogens (tertiary/aromatic N) is 1. The van der Waals surface area contributed by atoms with Crippen molar-refractivity contribution >= 4 is 29.9 Å². The van der Waals surface area contributed by atoms with E-state index in [2.05, 4.69) is 16.0 Å². The summed E-state index contributed by atoms with van der Waals surface area (Å²) in [6, 6.07) is 13.2. The van der Waals surface area contributed by atoms with Crippen LogP contribution in [0.1, 0.15) is 70.8 Å². The summed E-state index contributed by atoms with van der Waals surface area (Å²) in [5.74, 6) is -2.34. The van der Waals surface area contributed by atoms with E-state index in [1.165, 1.54) is 19.2 Å². The van der Waals surface area contributed by atoms with Crippen molar-refractivity contribution in [1.82, 2.24) is 20.9 Å². The van der Waals surface area contributed by atoms with Gasteiger partial charge in [0.2, 0.25) is 5.91 Å². The SMILES string of the molecule is COC(=O)[C@H](NC(=O)[C@@H](CC(C)C)NC(=O)N(C[C@@H](O)[C@@H](Cc1ccccc1)NC(=O)OC(C)(C)C)C(=O)c1ccccc1)C(C)C. The minimum absolute atomic E-state index is 0.0566. The van der Waals surface area contributed by atoms with Crippen LogP contribution in [0.25, 0.3) is 0 Å². The Balaban J connectivity index is 2.43. The van der Waals surface area contributed by atoms with E-state index in [9.17, 15) is 29.1 Å². The second-order valence-electron chi connectivity index (χ2n) is 13.2. The first-order valence-corrected chi connectivity index (χ1v) is 15.8. The van der Waals surface area contributed by atoms with Crippen LogP contribution < -0.4 is 16.0 Å². The fraction of sp³-hybridized carbons (Fsp3) is 0.514. The van der Waals surface area contributed by atoms with Crippen LogP contribution >= 0.6 is 0 Å². The molecule has 0 heterocycles. The van der Waals surface area contributed by atoms with Gasteiger partial charge in [0.1, 0.15) is 17.7 Å². The molecule has 0 aliphatic carbocycles. The topological polar surface area (TPSA) is 163 Å². The van der Waals surface area contributed by atoms with Gasteiger partial charge in [0, 0.05) is 5.56 Å². The summed E-state index contributed by atoms with van der Waals surface area (Å²) in [6.45, 7) is 11.8. The van der Waals surface area contributed by atoms with Crippen LogP contribution in [0.5, 0.6) is 0 Å². The van der Waals surface area contributed by atoms with Gasteiger partial charge in [-0.05, 0) is 63.1 Å². The van der Waals surface area contributed by atoms with Crippen LogP contribution in [0.15, 0.2) is 60.7 Å². The van der Waals surface area contributed by atoms with Crippen molar-refractivity contribution < 1.29 is 38.6 Å². The van der Waals surface area contributed by atoms with E-state index in [0.29, 0.717) is 0 Å². The Hall–Kier alpha value is -4.45. The van der Waals surface area contributed by atoms with Gasteiger partial charge in [0.25, 0.3) is 5.91 Å². The Bertz CT molecular complexity index is 1330. The monoisotopic (exact) mass is 654 g/mol. The summed E-state index contributed by atoms with van der Waals surface area (Å²) in [5.41, 5.74) is 0.151. The van der Waals surface area contributed by atoms with E-state index < -0.39 is 66.3 Å². The third kappa shape index (κ3) is 13.1. The molecule has 258 valence electrons. The summed E-state index contributed by atoms with van der Waals surface area (Å²) in [5, 5.41) is 19.5. The number of benzene rings is 2. The Kier molecular flexibility index (Phi) is 14.9. The highest BCUT2D eigenvalue weighted by Gasteiger charge is 2.35. The standard InChI is InChI=1S/C35H50N4O8/c1-22(2)19-27(30(41)38-29(23(3)4)32(43)46-8)36-33(44)39(31(42)25-17-13-10-14-18-25)21-28(40)26(20-24-15-11-9-12-16-24)37-34(45)47-35(5,6)7/h9-18,22-23,26-29,40H,19-21H2,1-8H3,(H,36,44)(H,37,45)(H,38,41)/t26-,27-,28-,29-/m1/s1. The van der Waals surface area contributed by atoms with Crippen LogP contribution in [-0.4, -0.2) is 83.4 Å². The molecule has 2 aromatic rings. The maximum Gasteiger partial charge on any atom is 0.407 e. The number of methoxy groups -OCH3 is 1. The average molecular weight is 655 g/mol. The maximum absolute atomic E-state index is 13.9. The molecule has 0 spiro atoms. The number of imide groups is 1. The van der Waals surface area contributed by atoms with Gasteiger partial charge in [-0.15, -0.1) is 0 Å². The smallest absolute Gasteiger partial charge is 0.407 e. The second kappa shape index (κ2) is 18.0. The van der Waals surface area contributed by atoms with E-state index in [0.717, 1.165) is 10.5 Å². The fourth-order valence-corrected chi connectivity index (χ4v) is 4.73. The largest absolute Gasteiger partial charge is 0.467 e. The number of carbonyl (C=O) groups excluding carboxylic acids is 5. The number of rotatable bonds is 14. The Morgan fingerprint density at radius 1 is 0.851 bits per heavy atom. The van der Waals surface area contributed by atoms with Crippen LogP contribution in [0.2, 0.25) is 0 Å². The van der Waals surface area contributed by atoms with E-state index in [4.69, 9.17) is 9.47 Å². The van der Waals surface area contributed by atoms with Crippen molar-refractivity contribution in [3.05, 3.63) is 71.8 Å². The van der Waals surface area contributed by atoms with Crippen molar-refractivity contribution in [1.29, 1.82) is 0 Å².